The fourth-order valence-corrected chi connectivity index (χ4v) is 4.21. The van der Waals surface area contributed by atoms with Crippen LogP contribution in [0.2, 0.25) is 0 Å². The highest BCUT2D eigenvalue weighted by Gasteiger charge is 2.26. The lowest BCUT2D eigenvalue weighted by atomic mass is 9.78. The highest BCUT2D eigenvalue weighted by Crippen LogP contribution is 2.19. The van der Waals surface area contributed by atoms with Crippen molar-refractivity contribution in [3.05, 3.63) is 119 Å². The van der Waals surface area contributed by atoms with Crippen LogP contribution < -0.4 is 20.2 Å². The van der Waals surface area contributed by atoms with Gasteiger partial charge < -0.3 is 18.6 Å². The molecular weight excluding hydrogens is 498 g/mol. The van der Waals surface area contributed by atoms with E-state index in [1.165, 1.54) is 11.1 Å². The van der Waals surface area contributed by atoms with Gasteiger partial charge in [0.2, 0.25) is 0 Å². The first-order valence-electron chi connectivity index (χ1n) is 13.5. The molecule has 200 valence electrons. The van der Waals surface area contributed by atoms with Crippen LogP contribution >= 0.6 is 0 Å². The van der Waals surface area contributed by atoms with Gasteiger partial charge in [0.25, 0.3) is 0 Å². The second kappa shape index (κ2) is 13.8. The van der Waals surface area contributed by atoms with Crippen LogP contribution in [0.4, 0.5) is 0 Å². The highest BCUT2D eigenvalue weighted by atomic mass is 16.6. The molecule has 0 N–H and O–H groups in total. The molecule has 1 aliphatic heterocycles. The summed E-state index contributed by atoms with van der Waals surface area (Å²) in [4.78, 5) is 9.25. The maximum atomic E-state index is 6.39. The van der Waals surface area contributed by atoms with Gasteiger partial charge >= 0.3 is 14.2 Å². The van der Waals surface area contributed by atoms with Crippen molar-refractivity contribution in [2.45, 2.75) is 13.8 Å². The van der Waals surface area contributed by atoms with Crippen molar-refractivity contribution in [3.63, 3.8) is 0 Å². The van der Waals surface area contributed by atoms with Gasteiger partial charge in [0.05, 0.1) is 26.3 Å². The molecule has 0 unspecified atom stereocenters. The zero-order valence-electron chi connectivity index (χ0n) is 22.9. The van der Waals surface area contributed by atoms with Crippen LogP contribution in [0.5, 0.6) is 11.5 Å². The van der Waals surface area contributed by atoms with E-state index in [1.807, 2.05) is 85.2 Å². The lowest BCUT2D eigenvalue weighted by molar-refractivity contribution is 0.283. The largest absolute Gasteiger partial charge is 0.562 e. The van der Waals surface area contributed by atoms with Crippen molar-refractivity contribution < 1.29 is 18.6 Å². The van der Waals surface area contributed by atoms with Gasteiger partial charge in [-0.2, -0.15) is 0 Å². The summed E-state index contributed by atoms with van der Waals surface area (Å²) in [5.74, 6) is 1.38. The number of hydrogen-bond acceptors (Lipinski definition) is 6. The molecule has 0 aliphatic carbocycles. The minimum Gasteiger partial charge on any atom is -0.532 e. The van der Waals surface area contributed by atoms with Crippen molar-refractivity contribution in [2.24, 2.45) is 9.98 Å². The quantitative estimate of drug-likeness (QED) is 0.360. The Bertz CT molecular complexity index is 1330. The molecule has 6 nitrogen and oxygen atoms in total. The van der Waals surface area contributed by atoms with E-state index in [0.29, 0.717) is 37.8 Å². The van der Waals surface area contributed by atoms with Crippen LogP contribution in [0.15, 0.2) is 107 Å². The third-order valence-corrected chi connectivity index (χ3v) is 6.45. The van der Waals surface area contributed by atoms with Crippen molar-refractivity contribution in [3.8, 4) is 11.5 Å². The van der Waals surface area contributed by atoms with E-state index in [0.717, 1.165) is 22.1 Å². The average molecular weight is 530 g/mol. The van der Waals surface area contributed by atoms with E-state index in [1.54, 1.807) is 0 Å². The van der Waals surface area contributed by atoms with E-state index in [-0.39, 0.29) is 0 Å². The van der Waals surface area contributed by atoms with E-state index >= 15 is 0 Å². The van der Waals surface area contributed by atoms with Crippen LogP contribution in [-0.2, 0) is 9.31 Å². The van der Waals surface area contributed by atoms with E-state index in [2.05, 4.69) is 48.1 Å². The summed E-state index contributed by atoms with van der Waals surface area (Å²) in [5.41, 5.74) is 5.95. The summed E-state index contributed by atoms with van der Waals surface area (Å²) in [6.45, 7) is 5.79. The van der Waals surface area contributed by atoms with E-state index in [9.17, 15) is 0 Å². The Balaban J connectivity index is 1.42. The second-order valence-corrected chi connectivity index (χ2v) is 9.61. The Morgan fingerprint density at radius 2 is 0.925 bits per heavy atom. The van der Waals surface area contributed by atoms with Gasteiger partial charge in [-0.25, -0.2) is 0 Å². The molecule has 0 amide bonds. The maximum Gasteiger partial charge on any atom is 0.562 e. The maximum absolute atomic E-state index is 6.39. The number of fused-ring (bicyclic) bond motifs is 2. The van der Waals surface area contributed by atoms with Crippen molar-refractivity contribution in [1.82, 2.24) is 0 Å². The summed E-state index contributed by atoms with van der Waals surface area (Å²) in [5, 5.41) is 0. The number of rotatable bonds is 2. The smallest absolute Gasteiger partial charge is 0.532 e. The van der Waals surface area contributed by atoms with Crippen molar-refractivity contribution in [1.29, 1.82) is 0 Å². The molecule has 0 aromatic heterocycles. The van der Waals surface area contributed by atoms with Gasteiger partial charge in [-0.1, -0.05) is 83.9 Å². The number of aryl methyl sites for hydroxylation is 2. The van der Waals surface area contributed by atoms with Crippen LogP contribution in [-0.4, -0.2) is 53.0 Å². The lowest BCUT2D eigenvalue weighted by Crippen LogP contribution is -2.41. The molecule has 0 fully saturated rings. The summed E-state index contributed by atoms with van der Waals surface area (Å²) in [6, 6.07) is 32.0. The molecule has 1 aliphatic rings. The minimum atomic E-state index is -0.585. The Morgan fingerprint density at radius 3 is 1.35 bits per heavy atom. The Morgan fingerprint density at radius 1 is 0.525 bits per heavy atom. The van der Waals surface area contributed by atoms with Crippen LogP contribution in [0.25, 0.3) is 0 Å². The summed E-state index contributed by atoms with van der Waals surface area (Å²) < 4.78 is 25.2. The molecule has 0 radical (unpaired) electrons. The third-order valence-electron chi connectivity index (χ3n) is 6.45. The lowest BCUT2D eigenvalue weighted by Gasteiger charge is -2.18. The van der Waals surface area contributed by atoms with Crippen molar-refractivity contribution in [2.75, 3.05) is 26.3 Å². The molecule has 0 bridgehead atoms. The summed E-state index contributed by atoms with van der Waals surface area (Å²) >= 11 is 0. The van der Waals surface area contributed by atoms with Crippen LogP contribution in [0, 0.1) is 13.8 Å². The average Bonchev–Trinajstić information content (AvgIpc) is 2.97. The number of aliphatic imine (C=N–C) groups is 2. The highest BCUT2D eigenvalue weighted by molar-refractivity contribution is 6.62. The number of hydrogen-bond donors (Lipinski definition) is 0. The van der Waals surface area contributed by atoms with Crippen LogP contribution in [0.1, 0.15) is 22.3 Å². The van der Waals surface area contributed by atoms with Gasteiger partial charge in [0.15, 0.2) is 0 Å². The fourth-order valence-electron chi connectivity index (χ4n) is 4.21. The zero-order valence-corrected chi connectivity index (χ0v) is 22.9. The molecule has 0 saturated heterocycles. The predicted octanol–water partition coefficient (Wildman–Crippen LogP) is 4.44. The predicted molar refractivity (Wildman–Crippen MR) is 164 cm³/mol. The third kappa shape index (κ3) is 7.50. The fraction of sp³-hybridized carbons (Fsp3) is 0.188. The van der Waals surface area contributed by atoms with Crippen LogP contribution in [0.3, 0.4) is 0 Å². The molecule has 0 spiro atoms. The molecular formula is C32H32B2N2O4. The van der Waals surface area contributed by atoms with Gasteiger partial charge in [0.1, 0.15) is 11.5 Å². The normalized spacial score (nSPS) is 14.8. The molecule has 0 saturated carbocycles. The van der Waals surface area contributed by atoms with Gasteiger partial charge in [-0.15, -0.1) is 0 Å². The molecule has 5 rings (SSSR count). The van der Waals surface area contributed by atoms with Crippen molar-refractivity contribution >= 4 is 37.6 Å². The molecule has 0 atom stereocenters. The molecule has 4 aromatic carbocycles. The Labute approximate surface area is 237 Å². The molecule has 40 heavy (non-hydrogen) atoms. The summed E-state index contributed by atoms with van der Waals surface area (Å²) in [6.07, 6.45) is 3.63. The number of nitrogens with zero attached hydrogens (tertiary/aromatic N) is 2. The number of benzene rings is 4. The molecule has 4 aromatic rings. The molecule has 1 heterocycles. The monoisotopic (exact) mass is 530 g/mol. The topological polar surface area (TPSA) is 61.6 Å². The SMILES string of the molecule is Cc1ccc(B2OCCN=Cc3ccccc3OB(c3ccc(C)cc3)OCCN=Cc3ccccc3O2)cc1. The minimum absolute atomic E-state index is 0.378. The van der Waals surface area contributed by atoms with Gasteiger partial charge in [0, 0.05) is 23.6 Å². The Kier molecular flexibility index (Phi) is 9.46. The van der Waals surface area contributed by atoms with Gasteiger partial charge in [-0.3, -0.25) is 9.98 Å². The van der Waals surface area contributed by atoms with Gasteiger partial charge in [-0.05, 0) is 49.0 Å². The molecule has 8 heteroatoms. The standard InChI is InChI=1S/C32H32B2N2O4/c1-25-11-15-29(16-12-25)33-37-21-19-35-24-28-8-4-6-10-32(28)40-34(30-17-13-26(2)14-18-30)38-22-20-36-23-27-7-3-5-9-31(27)39-33/h3-18,23-24H,19-22H2,1-2H3. The van der Waals surface area contributed by atoms with E-state index in [4.69, 9.17) is 18.6 Å². The first-order chi connectivity index (χ1) is 19.7. The number of para-hydroxylation sites is 2. The second-order valence-electron chi connectivity index (χ2n) is 9.61. The first kappa shape index (κ1) is 27.4. The Hall–Kier alpha value is -4.13. The zero-order chi connectivity index (χ0) is 27.6. The first-order valence-corrected chi connectivity index (χ1v) is 13.5. The van der Waals surface area contributed by atoms with E-state index < -0.39 is 14.2 Å². The summed E-state index contributed by atoms with van der Waals surface area (Å²) in [7, 11) is -1.17.